The second kappa shape index (κ2) is 6.57. The van der Waals surface area contributed by atoms with Crippen LogP contribution in [-0.4, -0.2) is 20.5 Å². The summed E-state index contributed by atoms with van der Waals surface area (Å²) in [4.78, 5) is 17.4. The number of rotatable bonds is 6. The van der Waals surface area contributed by atoms with Crippen LogP contribution in [0.5, 0.6) is 0 Å². The molecule has 0 atom stereocenters. The molecule has 0 aliphatic carbocycles. The average Bonchev–Trinajstić information content (AvgIpc) is 3.13. The van der Waals surface area contributed by atoms with Gasteiger partial charge in [0.05, 0.1) is 0 Å². The van der Waals surface area contributed by atoms with E-state index in [2.05, 4.69) is 10.1 Å². The van der Waals surface area contributed by atoms with E-state index in [1.165, 1.54) is 6.33 Å². The van der Waals surface area contributed by atoms with Crippen LogP contribution in [-0.2, 0) is 10.3 Å². The smallest absolute Gasteiger partial charge is 0.172 e. The zero-order valence-corrected chi connectivity index (χ0v) is 13.1. The summed E-state index contributed by atoms with van der Waals surface area (Å²) < 4.78 is 1.68. The minimum absolute atomic E-state index is 0.114. The van der Waals surface area contributed by atoms with Crippen LogP contribution >= 0.6 is 0 Å². The first-order chi connectivity index (χ1) is 11.3. The molecule has 0 fully saturated rings. The molecule has 4 heteroatoms. The number of Topliss-reactive ketones (excluding diaryl/α,β-unsaturated/α-hetero) is 1. The van der Waals surface area contributed by atoms with Crippen molar-refractivity contribution >= 4 is 5.78 Å². The van der Waals surface area contributed by atoms with Crippen LogP contribution in [0.2, 0.25) is 0 Å². The van der Waals surface area contributed by atoms with Gasteiger partial charge in [0.15, 0.2) is 11.3 Å². The minimum atomic E-state index is -0.977. The van der Waals surface area contributed by atoms with Gasteiger partial charge in [-0.15, -0.1) is 0 Å². The summed E-state index contributed by atoms with van der Waals surface area (Å²) in [7, 11) is 0. The number of aromatic nitrogens is 3. The number of benzene rings is 2. The monoisotopic (exact) mass is 305 g/mol. The average molecular weight is 305 g/mol. The Kier molecular flexibility index (Phi) is 4.33. The van der Waals surface area contributed by atoms with E-state index < -0.39 is 5.54 Å². The van der Waals surface area contributed by atoms with E-state index in [9.17, 15) is 4.79 Å². The fraction of sp³-hybridized carbons (Fsp3) is 0.211. The summed E-state index contributed by atoms with van der Waals surface area (Å²) in [5.41, 5.74) is 0.819. The van der Waals surface area contributed by atoms with Crippen LogP contribution in [0.3, 0.4) is 0 Å². The first-order valence-electron chi connectivity index (χ1n) is 7.79. The maximum Gasteiger partial charge on any atom is 0.172 e. The van der Waals surface area contributed by atoms with Gasteiger partial charge in [0.2, 0.25) is 0 Å². The van der Waals surface area contributed by atoms with Crippen LogP contribution in [0.1, 0.15) is 30.9 Å². The fourth-order valence-corrected chi connectivity index (χ4v) is 3.03. The van der Waals surface area contributed by atoms with Crippen LogP contribution in [0.15, 0.2) is 73.3 Å². The Balaban J connectivity index is 2.33. The van der Waals surface area contributed by atoms with Gasteiger partial charge in [-0.25, -0.2) is 9.67 Å². The number of hydrogen-bond acceptors (Lipinski definition) is 3. The van der Waals surface area contributed by atoms with Gasteiger partial charge in [0.25, 0.3) is 0 Å². The zero-order chi connectivity index (χ0) is 16.1. The molecular formula is C19H19N3O. The quantitative estimate of drug-likeness (QED) is 0.701. The highest BCUT2D eigenvalue weighted by molar-refractivity contribution is 5.93. The van der Waals surface area contributed by atoms with Crippen molar-refractivity contribution in [3.63, 3.8) is 0 Å². The Hall–Kier alpha value is -2.75. The maximum absolute atomic E-state index is 13.3. The number of ketones is 1. The highest BCUT2D eigenvalue weighted by Gasteiger charge is 2.43. The number of carbonyl (C=O) groups is 1. The van der Waals surface area contributed by atoms with E-state index in [0.717, 1.165) is 17.5 Å². The lowest BCUT2D eigenvalue weighted by Gasteiger charge is -2.33. The lowest BCUT2D eigenvalue weighted by atomic mass is 9.78. The van der Waals surface area contributed by atoms with Gasteiger partial charge in [0.1, 0.15) is 12.7 Å². The molecule has 0 bridgehead atoms. The topological polar surface area (TPSA) is 47.8 Å². The normalized spacial score (nSPS) is 11.3. The molecule has 0 N–H and O–H groups in total. The van der Waals surface area contributed by atoms with Crippen LogP contribution in [0, 0.1) is 0 Å². The van der Waals surface area contributed by atoms with Gasteiger partial charge in [-0.2, -0.15) is 5.10 Å². The second-order valence-corrected chi connectivity index (χ2v) is 5.46. The maximum atomic E-state index is 13.3. The largest absolute Gasteiger partial charge is 0.296 e. The van der Waals surface area contributed by atoms with E-state index in [-0.39, 0.29) is 5.78 Å². The molecule has 0 spiro atoms. The summed E-state index contributed by atoms with van der Waals surface area (Å²) in [6.07, 6.45) is 4.35. The van der Waals surface area contributed by atoms with Crippen LogP contribution in [0.25, 0.3) is 0 Å². The second-order valence-electron chi connectivity index (χ2n) is 5.46. The highest BCUT2D eigenvalue weighted by Crippen LogP contribution is 2.35. The molecule has 3 rings (SSSR count). The number of hydrogen-bond donors (Lipinski definition) is 0. The van der Waals surface area contributed by atoms with Crippen molar-refractivity contribution in [3.05, 3.63) is 84.4 Å². The number of nitrogens with zero attached hydrogens (tertiary/aromatic N) is 3. The summed E-state index contributed by atoms with van der Waals surface area (Å²) in [6.45, 7) is 2.01. The van der Waals surface area contributed by atoms with Gasteiger partial charge in [-0.05, 0) is 17.5 Å². The molecule has 0 unspecified atom stereocenters. The van der Waals surface area contributed by atoms with E-state index in [1.54, 1.807) is 11.0 Å². The molecule has 23 heavy (non-hydrogen) atoms. The first-order valence-corrected chi connectivity index (χ1v) is 7.79. The lowest BCUT2D eigenvalue weighted by molar-refractivity contribution is -0.124. The van der Waals surface area contributed by atoms with Crippen molar-refractivity contribution in [2.24, 2.45) is 0 Å². The van der Waals surface area contributed by atoms with Gasteiger partial charge in [-0.1, -0.05) is 67.6 Å². The molecule has 0 amide bonds. The molecule has 116 valence electrons. The number of carbonyl (C=O) groups excluding carboxylic acids is 1. The summed E-state index contributed by atoms with van der Waals surface area (Å²) >= 11 is 0. The lowest BCUT2D eigenvalue weighted by Crippen LogP contribution is -2.44. The Morgan fingerprint density at radius 2 is 1.57 bits per heavy atom. The zero-order valence-electron chi connectivity index (χ0n) is 13.1. The molecule has 4 nitrogen and oxygen atoms in total. The SMILES string of the molecule is CCCC(=O)C(c1ccccc1)(c1ccccc1)n1cncn1. The molecule has 0 saturated carbocycles. The summed E-state index contributed by atoms with van der Waals surface area (Å²) in [5.74, 6) is 0.114. The predicted molar refractivity (Wildman–Crippen MR) is 89.0 cm³/mol. The Morgan fingerprint density at radius 1 is 1.00 bits per heavy atom. The van der Waals surface area contributed by atoms with E-state index >= 15 is 0 Å². The summed E-state index contributed by atoms with van der Waals surface area (Å²) in [6, 6.07) is 19.6. The molecule has 1 heterocycles. The molecule has 1 aromatic heterocycles. The Morgan fingerprint density at radius 3 is 2.00 bits per heavy atom. The van der Waals surface area contributed by atoms with Gasteiger partial charge < -0.3 is 0 Å². The molecular weight excluding hydrogens is 286 g/mol. The molecule has 0 saturated heterocycles. The van der Waals surface area contributed by atoms with Crippen molar-refractivity contribution in [1.29, 1.82) is 0 Å². The van der Waals surface area contributed by atoms with E-state index in [1.807, 2.05) is 67.6 Å². The third-order valence-corrected chi connectivity index (χ3v) is 4.03. The van der Waals surface area contributed by atoms with Gasteiger partial charge in [-0.3, -0.25) is 4.79 Å². The van der Waals surface area contributed by atoms with Crippen molar-refractivity contribution in [1.82, 2.24) is 14.8 Å². The molecule has 0 aliphatic heterocycles. The Bertz CT molecular complexity index is 712. The fourth-order valence-electron chi connectivity index (χ4n) is 3.03. The Labute approximate surface area is 135 Å². The van der Waals surface area contributed by atoms with E-state index in [4.69, 9.17) is 0 Å². The molecule has 3 aromatic rings. The van der Waals surface area contributed by atoms with Crippen molar-refractivity contribution < 1.29 is 4.79 Å². The molecule has 0 radical (unpaired) electrons. The van der Waals surface area contributed by atoms with Crippen LogP contribution in [0.4, 0.5) is 0 Å². The highest BCUT2D eigenvalue weighted by atomic mass is 16.1. The standard InChI is InChI=1S/C19H19N3O/c1-2-9-18(23)19(22-15-20-14-21-22,16-10-5-3-6-11-16)17-12-7-4-8-13-17/h3-8,10-15H,2,9H2,1H3. The van der Waals surface area contributed by atoms with Crippen LogP contribution < -0.4 is 0 Å². The third kappa shape index (κ3) is 2.57. The summed E-state index contributed by atoms with van der Waals surface area (Å²) in [5, 5.41) is 4.33. The van der Waals surface area contributed by atoms with Crippen molar-refractivity contribution in [2.45, 2.75) is 25.3 Å². The van der Waals surface area contributed by atoms with Gasteiger partial charge in [0, 0.05) is 6.42 Å². The predicted octanol–water partition coefficient (Wildman–Crippen LogP) is 3.44. The minimum Gasteiger partial charge on any atom is -0.296 e. The van der Waals surface area contributed by atoms with Gasteiger partial charge >= 0.3 is 0 Å². The molecule has 0 aliphatic rings. The van der Waals surface area contributed by atoms with Crippen molar-refractivity contribution in [2.75, 3.05) is 0 Å². The molecule has 2 aromatic carbocycles. The van der Waals surface area contributed by atoms with Crippen molar-refractivity contribution in [3.8, 4) is 0 Å². The van der Waals surface area contributed by atoms with E-state index in [0.29, 0.717) is 6.42 Å². The first kappa shape index (κ1) is 15.2. The third-order valence-electron chi connectivity index (χ3n) is 4.03.